The Morgan fingerprint density at radius 2 is 1.85 bits per heavy atom. The molecule has 2 aromatic heterocycles. The van der Waals surface area contributed by atoms with E-state index in [0.717, 1.165) is 4.31 Å². The third kappa shape index (κ3) is 3.34. The first-order valence-electron chi connectivity index (χ1n) is 7.45. The van der Waals surface area contributed by atoms with Crippen molar-refractivity contribution in [2.24, 2.45) is 7.05 Å². The molecule has 0 bridgehead atoms. The van der Waals surface area contributed by atoms with Gasteiger partial charge in [-0.15, -0.1) is 5.10 Å². The Labute approximate surface area is 149 Å². The van der Waals surface area contributed by atoms with Gasteiger partial charge in [0.1, 0.15) is 5.69 Å². The molecule has 0 spiro atoms. The van der Waals surface area contributed by atoms with E-state index in [1.54, 1.807) is 24.0 Å². The Morgan fingerprint density at radius 3 is 2.42 bits per heavy atom. The topological polar surface area (TPSA) is 123 Å². The molecule has 1 aromatic carbocycles. The first kappa shape index (κ1) is 17.8. The molecule has 0 radical (unpaired) electrons. The van der Waals surface area contributed by atoms with Crippen molar-refractivity contribution in [2.45, 2.75) is 4.90 Å². The van der Waals surface area contributed by atoms with Gasteiger partial charge in [0, 0.05) is 32.9 Å². The highest BCUT2D eigenvalue weighted by Crippen LogP contribution is 2.19. The van der Waals surface area contributed by atoms with Crippen LogP contribution < -0.4 is 5.32 Å². The van der Waals surface area contributed by atoms with E-state index in [2.05, 4.69) is 20.6 Å². The number of carbonyl (C=O) groups is 1. The number of aryl methyl sites for hydroxylation is 1. The zero-order valence-corrected chi connectivity index (χ0v) is 15.1. The molecule has 0 fully saturated rings. The van der Waals surface area contributed by atoms with Crippen LogP contribution in [0.3, 0.4) is 0 Å². The number of nitrogens with one attached hydrogen (secondary N) is 1. The van der Waals surface area contributed by atoms with Crippen molar-refractivity contribution >= 4 is 21.9 Å². The Balaban J connectivity index is 1.75. The maximum absolute atomic E-state index is 12.3. The standard InChI is InChI=1S/C15H16N6O4S/c1-20(2)26(23,24)11-6-4-10(5-7-11)13(22)17-15-19-18-14(25-15)12-8-9-16-21(12)3/h4-9H,1-3H3,(H,17,19,22). The summed E-state index contributed by atoms with van der Waals surface area (Å²) in [5, 5.41) is 14.1. The zero-order valence-electron chi connectivity index (χ0n) is 14.2. The van der Waals surface area contributed by atoms with Crippen molar-refractivity contribution < 1.29 is 17.6 Å². The summed E-state index contributed by atoms with van der Waals surface area (Å²) >= 11 is 0. The van der Waals surface area contributed by atoms with E-state index < -0.39 is 15.9 Å². The van der Waals surface area contributed by atoms with Crippen LogP contribution >= 0.6 is 0 Å². The summed E-state index contributed by atoms with van der Waals surface area (Å²) in [7, 11) is 1.04. The number of carbonyl (C=O) groups excluding carboxylic acids is 1. The van der Waals surface area contributed by atoms with Crippen molar-refractivity contribution in [1.82, 2.24) is 24.3 Å². The largest absolute Gasteiger partial charge is 0.401 e. The minimum Gasteiger partial charge on any atom is -0.401 e. The highest BCUT2D eigenvalue weighted by Gasteiger charge is 2.18. The molecular formula is C15H16N6O4S. The maximum Gasteiger partial charge on any atom is 0.322 e. The third-order valence-electron chi connectivity index (χ3n) is 3.58. The molecule has 11 heteroatoms. The van der Waals surface area contributed by atoms with Gasteiger partial charge in [0.2, 0.25) is 10.0 Å². The van der Waals surface area contributed by atoms with E-state index >= 15 is 0 Å². The predicted octanol–water partition coefficient (Wildman–Crippen LogP) is 0.973. The molecule has 0 saturated heterocycles. The van der Waals surface area contributed by atoms with Gasteiger partial charge < -0.3 is 4.42 Å². The Hall–Kier alpha value is -3.05. The highest BCUT2D eigenvalue weighted by molar-refractivity contribution is 7.89. The average molecular weight is 376 g/mol. The first-order chi connectivity index (χ1) is 12.3. The van der Waals surface area contributed by atoms with Crippen LogP contribution in [0.5, 0.6) is 0 Å². The van der Waals surface area contributed by atoms with Gasteiger partial charge in [-0.25, -0.2) is 12.7 Å². The summed E-state index contributed by atoms with van der Waals surface area (Å²) in [4.78, 5) is 12.3. The fourth-order valence-corrected chi connectivity index (χ4v) is 3.02. The number of aromatic nitrogens is 4. The normalized spacial score (nSPS) is 11.7. The van der Waals surface area contributed by atoms with Gasteiger partial charge in [-0.2, -0.15) is 5.10 Å². The second-order valence-electron chi connectivity index (χ2n) is 5.52. The number of nitrogens with zero attached hydrogens (tertiary/aromatic N) is 5. The zero-order chi connectivity index (χ0) is 18.9. The van der Waals surface area contributed by atoms with Gasteiger partial charge >= 0.3 is 6.01 Å². The molecule has 26 heavy (non-hydrogen) atoms. The molecule has 0 aliphatic carbocycles. The van der Waals surface area contributed by atoms with Crippen molar-refractivity contribution in [2.75, 3.05) is 19.4 Å². The number of benzene rings is 1. The second kappa shape index (κ2) is 6.69. The van der Waals surface area contributed by atoms with E-state index in [9.17, 15) is 13.2 Å². The van der Waals surface area contributed by atoms with E-state index in [0.29, 0.717) is 5.69 Å². The fourth-order valence-electron chi connectivity index (χ4n) is 2.12. The molecule has 0 aliphatic heterocycles. The van der Waals surface area contributed by atoms with Gasteiger partial charge in [0.25, 0.3) is 11.8 Å². The smallest absolute Gasteiger partial charge is 0.322 e. The van der Waals surface area contributed by atoms with E-state index in [1.807, 2.05) is 0 Å². The second-order valence-corrected chi connectivity index (χ2v) is 7.67. The van der Waals surface area contributed by atoms with E-state index in [1.165, 1.54) is 38.4 Å². The SMILES string of the molecule is CN(C)S(=O)(=O)c1ccc(C(=O)Nc2nnc(-c3ccnn3C)o2)cc1. The summed E-state index contributed by atoms with van der Waals surface area (Å²) in [6.45, 7) is 0. The predicted molar refractivity (Wildman–Crippen MR) is 91.8 cm³/mol. The van der Waals surface area contributed by atoms with Crippen molar-refractivity contribution in [3.8, 4) is 11.6 Å². The van der Waals surface area contributed by atoms with Crippen molar-refractivity contribution in [3.05, 3.63) is 42.1 Å². The third-order valence-corrected chi connectivity index (χ3v) is 5.41. The quantitative estimate of drug-likeness (QED) is 0.704. The maximum atomic E-state index is 12.3. The highest BCUT2D eigenvalue weighted by atomic mass is 32.2. The van der Waals surface area contributed by atoms with Crippen molar-refractivity contribution in [1.29, 1.82) is 0 Å². The van der Waals surface area contributed by atoms with E-state index in [4.69, 9.17) is 4.42 Å². The van der Waals surface area contributed by atoms with Gasteiger partial charge in [-0.05, 0) is 30.3 Å². The summed E-state index contributed by atoms with van der Waals surface area (Å²) in [5.74, 6) is -0.285. The molecule has 0 atom stereocenters. The summed E-state index contributed by atoms with van der Waals surface area (Å²) < 4.78 is 32.1. The molecule has 1 amide bonds. The van der Waals surface area contributed by atoms with Crippen LogP contribution in [-0.2, 0) is 17.1 Å². The van der Waals surface area contributed by atoms with Crippen LogP contribution in [0.1, 0.15) is 10.4 Å². The average Bonchev–Trinajstić information content (AvgIpc) is 3.23. The number of hydrogen-bond donors (Lipinski definition) is 1. The number of hydrogen-bond acceptors (Lipinski definition) is 7. The number of sulfonamides is 1. The lowest BCUT2D eigenvalue weighted by molar-refractivity contribution is 0.102. The molecule has 10 nitrogen and oxygen atoms in total. The van der Waals surface area contributed by atoms with Crippen LogP contribution in [0.2, 0.25) is 0 Å². The molecule has 136 valence electrons. The lowest BCUT2D eigenvalue weighted by atomic mass is 10.2. The lowest BCUT2D eigenvalue weighted by Crippen LogP contribution is -2.22. The summed E-state index contributed by atoms with van der Waals surface area (Å²) in [6, 6.07) is 7.16. The van der Waals surface area contributed by atoms with Gasteiger partial charge in [0.05, 0.1) is 4.90 Å². The van der Waals surface area contributed by atoms with Crippen LogP contribution in [0.15, 0.2) is 45.8 Å². The fraction of sp³-hybridized carbons (Fsp3) is 0.200. The molecule has 0 saturated carbocycles. The molecule has 0 unspecified atom stereocenters. The van der Waals surface area contributed by atoms with Crippen molar-refractivity contribution in [3.63, 3.8) is 0 Å². The monoisotopic (exact) mass is 376 g/mol. The molecule has 3 aromatic rings. The summed E-state index contributed by atoms with van der Waals surface area (Å²) in [6.07, 6.45) is 1.58. The van der Waals surface area contributed by atoms with Crippen LogP contribution in [0.25, 0.3) is 11.6 Å². The minimum atomic E-state index is -3.55. The van der Waals surface area contributed by atoms with Crippen LogP contribution in [0.4, 0.5) is 6.01 Å². The molecule has 3 rings (SSSR count). The number of rotatable bonds is 5. The van der Waals surface area contributed by atoms with Gasteiger partial charge in [-0.3, -0.25) is 14.8 Å². The van der Waals surface area contributed by atoms with E-state index in [-0.39, 0.29) is 22.4 Å². The Morgan fingerprint density at radius 1 is 1.15 bits per heavy atom. The Kier molecular flexibility index (Phi) is 4.57. The summed E-state index contributed by atoms with van der Waals surface area (Å²) in [5.41, 5.74) is 0.860. The molecule has 2 heterocycles. The van der Waals surface area contributed by atoms with Gasteiger partial charge in [-0.1, -0.05) is 5.10 Å². The lowest BCUT2D eigenvalue weighted by Gasteiger charge is -2.11. The Bertz CT molecular complexity index is 1040. The van der Waals surface area contributed by atoms with Crippen LogP contribution in [-0.4, -0.2) is 52.7 Å². The van der Waals surface area contributed by atoms with Gasteiger partial charge in [0.15, 0.2) is 0 Å². The molecule has 1 N–H and O–H groups in total. The first-order valence-corrected chi connectivity index (χ1v) is 8.89. The minimum absolute atomic E-state index is 0.0730. The molecular weight excluding hydrogens is 360 g/mol. The van der Waals surface area contributed by atoms with Crippen LogP contribution in [0, 0.1) is 0 Å². The molecule has 0 aliphatic rings. The number of anilines is 1. The number of amides is 1.